The fraction of sp³-hybridized carbons (Fsp3) is 0.456. The number of carbonyl (C=O) groups is 2. The van der Waals surface area contributed by atoms with Gasteiger partial charge in [0.25, 0.3) is 0 Å². The second-order valence-electron chi connectivity index (χ2n) is 38.6. The predicted molar refractivity (Wildman–Crippen MR) is 533 cm³/mol. The fourth-order valence-electron chi connectivity index (χ4n) is 17.1. The molecule has 0 radical (unpaired) electrons. The third-order valence-electron chi connectivity index (χ3n) is 23.9. The molecule has 0 saturated heterocycles. The van der Waals surface area contributed by atoms with E-state index < -0.39 is 24.0 Å². The summed E-state index contributed by atoms with van der Waals surface area (Å²) in [5, 5.41) is 39.5. The molecule has 16 nitrogen and oxygen atoms in total. The quantitative estimate of drug-likeness (QED) is 0.0367. The van der Waals surface area contributed by atoms with Crippen LogP contribution in [-0.4, -0.2) is 76.9 Å². The Morgan fingerprint density at radius 3 is 0.769 bits per heavy atom. The number of nitrogens with one attached hydrogen (secondary N) is 2. The molecule has 1 aliphatic carbocycles. The van der Waals surface area contributed by atoms with E-state index in [2.05, 4.69) is 232 Å². The number of anilines is 8. The zero-order valence-electron chi connectivity index (χ0n) is 81.9. The smallest absolute Gasteiger partial charge is 0.227 e. The molecule has 0 heterocycles. The Morgan fingerprint density at radius 2 is 0.562 bits per heavy atom. The van der Waals surface area contributed by atoms with Gasteiger partial charge in [-0.2, -0.15) is 0 Å². The Morgan fingerprint density at radius 1 is 0.323 bits per heavy atom. The number of unbranched alkanes of at least 4 members (excludes halogenated alkanes) is 2. The summed E-state index contributed by atoms with van der Waals surface area (Å²) in [6.45, 7) is 52.8. The van der Waals surface area contributed by atoms with Crippen molar-refractivity contribution in [2.45, 2.75) is 235 Å². The van der Waals surface area contributed by atoms with Gasteiger partial charge < -0.3 is 68.5 Å². The van der Waals surface area contributed by atoms with Crippen LogP contribution in [0.5, 0.6) is 46.0 Å². The van der Waals surface area contributed by atoms with Gasteiger partial charge in [-0.1, -0.05) is 211 Å². The first-order chi connectivity index (χ1) is 62.4. The number of hydrogen-bond donors (Lipinski definition) is 2. The van der Waals surface area contributed by atoms with Gasteiger partial charge >= 0.3 is 0 Å². The lowest BCUT2D eigenvalue weighted by atomic mass is 9.62. The summed E-state index contributed by atoms with van der Waals surface area (Å²) in [4.78, 5) is 35.0. The normalized spacial score (nSPS) is 14.9. The molecular weight excluding hydrogens is 1620 g/mol. The maximum absolute atomic E-state index is 16.3. The second kappa shape index (κ2) is 46.7. The molecule has 130 heavy (non-hydrogen) atoms. The fourth-order valence-corrected chi connectivity index (χ4v) is 17.1. The SMILES string of the molecule is CCCCC(CC)C(=O)Nc1cc(N(c2ccc(-c3c(OCC)cccc3OCC(C)C)cc2C)c2ccc(-c3c(OCC(C)C)cccc3OCC(C)C)cc2C)ccc1C1C([O-])C(c2ccc(N(c3ccc(-c4c(OCC(C)C)cccc4OCC(C)C)cc3C)c3ccc(-c4c(OCC(C)C)cccc4OCC(C)C)cc3C)cc2NC(=O)C(CC)CCCC)C1[O-]. The predicted octanol–water partition coefficient (Wildman–Crippen LogP) is 27.8. The van der Waals surface area contributed by atoms with Crippen LogP contribution in [0.3, 0.4) is 0 Å². The molecule has 0 spiro atoms. The van der Waals surface area contributed by atoms with Crippen molar-refractivity contribution in [2.24, 2.45) is 53.3 Å². The Hall–Kier alpha value is -10.9. The molecule has 696 valence electrons. The largest absolute Gasteiger partial charge is 0.851 e. The van der Waals surface area contributed by atoms with Gasteiger partial charge in [-0.3, -0.25) is 9.59 Å². The van der Waals surface area contributed by atoms with Gasteiger partial charge in [0.1, 0.15) is 46.0 Å². The number of benzene rings is 10. The number of rotatable bonds is 47. The van der Waals surface area contributed by atoms with Crippen molar-refractivity contribution in [3.63, 3.8) is 0 Å². The van der Waals surface area contributed by atoms with Gasteiger partial charge in [-0.15, -0.1) is 12.2 Å². The molecule has 1 fully saturated rings. The highest BCUT2D eigenvalue weighted by Crippen LogP contribution is 2.55. The number of carbonyl (C=O) groups excluding carboxylic acids is 2. The van der Waals surface area contributed by atoms with Crippen molar-refractivity contribution >= 4 is 57.3 Å². The number of aryl methyl sites for hydroxylation is 4. The molecule has 0 aromatic heterocycles. The van der Waals surface area contributed by atoms with Crippen molar-refractivity contribution < 1.29 is 57.7 Å². The monoisotopic (exact) mass is 1760 g/mol. The Bertz CT molecular complexity index is 5180. The molecule has 16 heteroatoms. The maximum Gasteiger partial charge on any atom is 0.227 e. The Labute approximate surface area is 777 Å². The first-order valence-electron chi connectivity index (χ1n) is 48.2. The van der Waals surface area contributed by atoms with E-state index in [1.807, 2.05) is 130 Å². The van der Waals surface area contributed by atoms with Crippen LogP contribution in [0.4, 0.5) is 45.5 Å². The highest BCUT2D eigenvalue weighted by molar-refractivity contribution is 5.97. The summed E-state index contributed by atoms with van der Waals surface area (Å²) >= 11 is 0. The van der Waals surface area contributed by atoms with Crippen molar-refractivity contribution in [3.05, 3.63) is 215 Å². The van der Waals surface area contributed by atoms with Crippen LogP contribution in [0.1, 0.15) is 228 Å². The molecule has 1 saturated carbocycles. The summed E-state index contributed by atoms with van der Waals surface area (Å²) < 4.78 is 52.7. The van der Waals surface area contributed by atoms with Crippen LogP contribution in [0.25, 0.3) is 44.5 Å². The third kappa shape index (κ3) is 24.6. The van der Waals surface area contributed by atoms with Crippen molar-refractivity contribution in [1.29, 1.82) is 0 Å². The highest BCUT2D eigenvalue weighted by atomic mass is 16.5. The number of nitrogens with zero attached hydrogens (tertiary/aromatic N) is 2. The van der Waals surface area contributed by atoms with Crippen LogP contribution in [0, 0.1) is 81.0 Å². The standard InChI is InChI=1S/C114H146N4O12/c1-24-29-35-81(26-3)113(121)115-91-61-87(117(93-53-45-83(57-77(93)20)105-97(123-28-5)37-31-38-98(105)124-63-70(6)7)94-54-46-84(58-78(94)21)106-99(125-64-71(8)9)39-32-40-100(106)126-65-72(10)11)49-51-89(91)109-111(119)110(112(109)120)90-52-50-88(62-92(90)116-114(122)82(27-4)36-30-25-2)118(95-55-47-85(59-79(95)22)107-101(127-66-73(12)13)41-33-42-102(107)128-67-74(14)15)96-56-48-86(60-80(96)23)108-103(129-68-75(16)17)43-34-44-104(108)130-69-76(18)19/h31-34,37-62,70-76,81-82,109-112H,24-30,35-36,63-69H2,1-23H3,(H,115,121)(H,116,122)/q-2. The van der Waals surface area contributed by atoms with Gasteiger partial charge in [-0.05, 0) is 291 Å². The molecule has 4 unspecified atom stereocenters. The minimum absolute atomic E-state index is 0.185. The van der Waals surface area contributed by atoms with E-state index in [1.54, 1.807) is 0 Å². The first-order valence-corrected chi connectivity index (χ1v) is 48.2. The van der Waals surface area contributed by atoms with Crippen LogP contribution in [0.2, 0.25) is 0 Å². The molecule has 10 aromatic carbocycles. The van der Waals surface area contributed by atoms with Crippen LogP contribution in [0.15, 0.2) is 182 Å². The Kier molecular flexibility index (Phi) is 35.8. The number of ether oxygens (including phenoxy) is 8. The minimum Gasteiger partial charge on any atom is -0.851 e. The lowest BCUT2D eigenvalue weighted by molar-refractivity contribution is -0.535. The van der Waals surface area contributed by atoms with Crippen molar-refractivity contribution in [3.8, 4) is 90.5 Å². The van der Waals surface area contributed by atoms with E-state index in [1.165, 1.54) is 0 Å². The molecule has 2 amide bonds. The second-order valence-corrected chi connectivity index (χ2v) is 38.6. The zero-order valence-corrected chi connectivity index (χ0v) is 81.9. The van der Waals surface area contributed by atoms with E-state index in [9.17, 15) is 0 Å². The van der Waals surface area contributed by atoms with Gasteiger partial charge in [0.05, 0.1) is 75.1 Å². The van der Waals surface area contributed by atoms with Crippen molar-refractivity contribution in [1.82, 2.24) is 0 Å². The molecule has 2 N–H and O–H groups in total. The van der Waals surface area contributed by atoms with E-state index in [0.717, 1.165) is 155 Å². The minimum atomic E-state index is -1.53. The molecule has 0 aliphatic heterocycles. The molecule has 0 bridgehead atoms. The van der Waals surface area contributed by atoms with E-state index in [0.29, 0.717) is 118 Å². The zero-order chi connectivity index (χ0) is 93.7. The molecule has 11 rings (SSSR count). The van der Waals surface area contributed by atoms with Gasteiger partial charge in [-0.25, -0.2) is 0 Å². The maximum atomic E-state index is 16.3. The molecular formula is C114H146N4O12-2. The van der Waals surface area contributed by atoms with E-state index in [-0.39, 0.29) is 65.1 Å². The number of amides is 2. The summed E-state index contributed by atoms with van der Waals surface area (Å²) in [6, 6.07) is 61.4. The van der Waals surface area contributed by atoms with Gasteiger partial charge in [0.2, 0.25) is 11.8 Å². The summed E-state index contributed by atoms with van der Waals surface area (Å²) in [5.74, 6) is 4.32. The van der Waals surface area contributed by atoms with Gasteiger partial charge in [0.15, 0.2) is 0 Å². The average Bonchev–Trinajstić information content (AvgIpc) is 0.727. The summed E-state index contributed by atoms with van der Waals surface area (Å²) in [6.07, 6.45) is 2.91. The summed E-state index contributed by atoms with van der Waals surface area (Å²) in [5.41, 5.74) is 17.1. The van der Waals surface area contributed by atoms with Crippen LogP contribution in [-0.2, 0) is 9.59 Å². The molecule has 4 atom stereocenters. The third-order valence-corrected chi connectivity index (χ3v) is 23.9. The van der Waals surface area contributed by atoms with E-state index >= 15 is 19.8 Å². The number of hydrogen-bond acceptors (Lipinski definition) is 14. The summed E-state index contributed by atoms with van der Waals surface area (Å²) in [7, 11) is 0. The van der Waals surface area contributed by atoms with Gasteiger partial charge in [0, 0.05) is 57.3 Å². The lowest BCUT2D eigenvalue weighted by Crippen LogP contribution is -2.63. The molecule has 1 aliphatic rings. The average molecular weight is 1760 g/mol. The lowest BCUT2D eigenvalue weighted by Gasteiger charge is -2.62. The first kappa shape index (κ1) is 99.6. The topological polar surface area (TPSA) is 185 Å². The van der Waals surface area contributed by atoms with Crippen LogP contribution >= 0.6 is 0 Å². The van der Waals surface area contributed by atoms with Crippen molar-refractivity contribution in [2.75, 3.05) is 73.3 Å². The molecule has 10 aromatic rings. The van der Waals surface area contributed by atoms with E-state index in [4.69, 9.17) is 37.9 Å². The van der Waals surface area contributed by atoms with Crippen LogP contribution < -0.4 is 68.5 Å². The Balaban J connectivity index is 1.09. The highest BCUT2D eigenvalue weighted by Gasteiger charge is 2.42.